The third-order valence-electron chi connectivity index (χ3n) is 2.15. The zero-order chi connectivity index (χ0) is 12.3. The van der Waals surface area contributed by atoms with Gasteiger partial charge in [-0.05, 0) is 18.6 Å². The quantitative estimate of drug-likeness (QED) is 0.744. The molecule has 4 nitrogen and oxygen atoms in total. The highest BCUT2D eigenvalue weighted by molar-refractivity contribution is 9.10. The summed E-state index contributed by atoms with van der Waals surface area (Å²) in [7, 11) is 0. The summed E-state index contributed by atoms with van der Waals surface area (Å²) in [6.45, 7) is 3.55. The maximum absolute atomic E-state index is 10.9. The van der Waals surface area contributed by atoms with Crippen LogP contribution in [-0.2, 0) is 0 Å². The number of aromatic carboxylic acids is 1. The Kier molecular flexibility index (Phi) is 6.23. The van der Waals surface area contributed by atoms with Crippen molar-refractivity contribution in [2.24, 2.45) is 5.73 Å². The molecule has 0 bridgehead atoms. The first kappa shape index (κ1) is 16.0. The number of aromatic hydroxyl groups is 1. The molecule has 0 saturated heterocycles. The Morgan fingerprint density at radius 1 is 1.59 bits per heavy atom. The number of hydrogen-bond donors (Lipinski definition) is 3. The van der Waals surface area contributed by atoms with Crippen LogP contribution in [0.15, 0.2) is 29.3 Å². The average Bonchev–Trinajstić information content (AvgIpc) is 2.20. The van der Waals surface area contributed by atoms with Crippen molar-refractivity contribution in [3.05, 3.63) is 40.4 Å². The Balaban J connectivity index is 0.00000256. The fourth-order valence-corrected chi connectivity index (χ4v) is 1.85. The van der Waals surface area contributed by atoms with Crippen molar-refractivity contribution in [3.63, 3.8) is 0 Å². The maximum Gasteiger partial charge on any atom is 0.339 e. The van der Waals surface area contributed by atoms with E-state index in [-0.39, 0.29) is 23.7 Å². The first-order valence-electron chi connectivity index (χ1n) is 4.59. The Bertz CT molecular complexity index is 437. The van der Waals surface area contributed by atoms with Crippen molar-refractivity contribution >= 4 is 34.3 Å². The second-order valence-electron chi connectivity index (χ2n) is 3.33. The summed E-state index contributed by atoms with van der Waals surface area (Å²) in [6.07, 6.45) is 2.08. The molecule has 1 atom stereocenters. The highest BCUT2D eigenvalue weighted by Gasteiger charge is 2.18. The summed E-state index contributed by atoms with van der Waals surface area (Å²) in [5, 5.41) is 18.6. The van der Waals surface area contributed by atoms with Gasteiger partial charge in [-0.3, -0.25) is 0 Å². The van der Waals surface area contributed by atoms with Gasteiger partial charge < -0.3 is 15.9 Å². The van der Waals surface area contributed by atoms with Gasteiger partial charge in [0.25, 0.3) is 0 Å². The molecular weight excluding hydrogens is 309 g/mol. The van der Waals surface area contributed by atoms with Gasteiger partial charge in [-0.1, -0.05) is 22.0 Å². The van der Waals surface area contributed by atoms with E-state index in [1.165, 1.54) is 6.07 Å². The zero-order valence-electron chi connectivity index (χ0n) is 8.89. The Morgan fingerprint density at radius 2 is 2.18 bits per heavy atom. The predicted molar refractivity (Wildman–Crippen MR) is 71.8 cm³/mol. The lowest BCUT2D eigenvalue weighted by molar-refractivity contribution is 0.0693. The third-order valence-corrected chi connectivity index (χ3v) is 2.61. The van der Waals surface area contributed by atoms with Crippen LogP contribution in [0.4, 0.5) is 0 Å². The molecule has 0 aliphatic heterocycles. The number of halogens is 2. The lowest BCUT2D eigenvalue weighted by Crippen LogP contribution is -2.11. The van der Waals surface area contributed by atoms with Crippen LogP contribution >= 0.6 is 28.3 Å². The fraction of sp³-hybridized carbons (Fsp3) is 0.182. The summed E-state index contributed by atoms with van der Waals surface area (Å²) in [5.74, 6) is -1.48. The molecule has 0 aliphatic carbocycles. The second-order valence-corrected chi connectivity index (χ2v) is 4.24. The molecule has 0 fully saturated rings. The molecule has 94 valence electrons. The van der Waals surface area contributed by atoms with Crippen LogP contribution in [0.3, 0.4) is 0 Å². The van der Waals surface area contributed by atoms with Gasteiger partial charge in [0.05, 0.1) is 0 Å². The van der Waals surface area contributed by atoms with Crippen LogP contribution in [0.1, 0.15) is 28.4 Å². The Hall–Kier alpha value is -1.04. The van der Waals surface area contributed by atoms with Gasteiger partial charge in [-0.15, -0.1) is 19.0 Å². The molecule has 4 N–H and O–H groups in total. The average molecular weight is 323 g/mol. The molecule has 0 saturated carbocycles. The van der Waals surface area contributed by atoms with Gasteiger partial charge in [0.15, 0.2) is 0 Å². The minimum atomic E-state index is -1.19. The number of carbonyl (C=O) groups is 1. The summed E-state index contributed by atoms with van der Waals surface area (Å²) >= 11 is 3.18. The van der Waals surface area contributed by atoms with Gasteiger partial charge in [0.2, 0.25) is 0 Å². The van der Waals surface area contributed by atoms with E-state index in [0.29, 0.717) is 16.5 Å². The van der Waals surface area contributed by atoms with Gasteiger partial charge in [0, 0.05) is 16.1 Å². The lowest BCUT2D eigenvalue weighted by Gasteiger charge is -2.13. The molecule has 0 aromatic heterocycles. The molecule has 1 rings (SSSR count). The third kappa shape index (κ3) is 3.73. The van der Waals surface area contributed by atoms with E-state index in [0.717, 1.165) is 0 Å². The number of rotatable bonds is 4. The monoisotopic (exact) mass is 321 g/mol. The smallest absolute Gasteiger partial charge is 0.339 e. The van der Waals surface area contributed by atoms with Gasteiger partial charge in [0.1, 0.15) is 11.3 Å². The second kappa shape index (κ2) is 6.64. The zero-order valence-corrected chi connectivity index (χ0v) is 11.3. The first-order chi connectivity index (χ1) is 7.47. The minimum absolute atomic E-state index is 0. The molecule has 0 unspecified atom stereocenters. The Morgan fingerprint density at radius 3 is 2.65 bits per heavy atom. The van der Waals surface area contributed by atoms with Crippen molar-refractivity contribution in [2.75, 3.05) is 0 Å². The molecule has 0 amide bonds. The fourth-order valence-electron chi connectivity index (χ4n) is 1.37. The van der Waals surface area contributed by atoms with Crippen LogP contribution in [0, 0.1) is 0 Å². The van der Waals surface area contributed by atoms with Crippen LogP contribution < -0.4 is 5.73 Å². The molecule has 0 heterocycles. The SMILES string of the molecule is C=CC[C@H](N)c1cc(Br)cc(C(=O)O)c1O.Cl. The summed E-state index contributed by atoms with van der Waals surface area (Å²) in [4.78, 5) is 10.9. The van der Waals surface area contributed by atoms with E-state index in [9.17, 15) is 9.90 Å². The van der Waals surface area contributed by atoms with E-state index in [2.05, 4.69) is 22.5 Å². The van der Waals surface area contributed by atoms with E-state index in [4.69, 9.17) is 10.8 Å². The van der Waals surface area contributed by atoms with Crippen molar-refractivity contribution in [1.82, 2.24) is 0 Å². The van der Waals surface area contributed by atoms with Crippen LogP contribution in [0.25, 0.3) is 0 Å². The highest BCUT2D eigenvalue weighted by atomic mass is 79.9. The number of phenols is 1. The summed E-state index contributed by atoms with van der Waals surface area (Å²) < 4.78 is 0.567. The number of carboxylic acids is 1. The van der Waals surface area contributed by atoms with Crippen LogP contribution in [-0.4, -0.2) is 16.2 Å². The standard InChI is InChI=1S/C11H12BrNO3.ClH/c1-2-3-9(13)7-4-6(12)5-8(10(7)14)11(15)16;/h2,4-5,9,14H,1,3,13H2,(H,15,16);1H/t9-;/m0./s1. The number of benzene rings is 1. The van der Waals surface area contributed by atoms with Crippen LogP contribution in [0.5, 0.6) is 5.75 Å². The molecule has 0 radical (unpaired) electrons. The lowest BCUT2D eigenvalue weighted by atomic mass is 10.0. The number of hydrogen-bond acceptors (Lipinski definition) is 3. The first-order valence-corrected chi connectivity index (χ1v) is 5.38. The number of nitrogens with two attached hydrogens (primary N) is 1. The summed E-state index contributed by atoms with van der Waals surface area (Å²) in [5.41, 5.74) is 6.03. The molecule has 1 aromatic rings. The van der Waals surface area contributed by atoms with Crippen molar-refractivity contribution in [1.29, 1.82) is 0 Å². The molecule has 0 aliphatic rings. The molecular formula is C11H13BrClNO3. The largest absolute Gasteiger partial charge is 0.507 e. The van der Waals surface area contributed by atoms with E-state index in [1.807, 2.05) is 0 Å². The molecule has 6 heteroatoms. The van der Waals surface area contributed by atoms with E-state index >= 15 is 0 Å². The van der Waals surface area contributed by atoms with Gasteiger partial charge in [-0.2, -0.15) is 0 Å². The van der Waals surface area contributed by atoms with Gasteiger partial charge in [-0.25, -0.2) is 4.79 Å². The maximum atomic E-state index is 10.9. The normalized spacial score (nSPS) is 11.4. The van der Waals surface area contributed by atoms with E-state index in [1.54, 1.807) is 12.1 Å². The Labute approximate surface area is 114 Å². The highest BCUT2D eigenvalue weighted by Crippen LogP contribution is 2.32. The van der Waals surface area contributed by atoms with Crippen LogP contribution in [0.2, 0.25) is 0 Å². The van der Waals surface area contributed by atoms with Gasteiger partial charge >= 0.3 is 5.97 Å². The van der Waals surface area contributed by atoms with Crippen molar-refractivity contribution < 1.29 is 15.0 Å². The van der Waals surface area contributed by atoms with Crippen molar-refractivity contribution in [2.45, 2.75) is 12.5 Å². The molecule has 1 aromatic carbocycles. The summed E-state index contributed by atoms with van der Waals surface area (Å²) in [6, 6.07) is 2.48. The predicted octanol–water partition coefficient (Wildman–Crippen LogP) is 2.85. The minimum Gasteiger partial charge on any atom is -0.507 e. The molecule has 17 heavy (non-hydrogen) atoms. The van der Waals surface area contributed by atoms with Crippen molar-refractivity contribution in [3.8, 4) is 5.75 Å². The number of carboxylic acid groups (broad SMARTS) is 1. The van der Waals surface area contributed by atoms with E-state index < -0.39 is 12.0 Å². The topological polar surface area (TPSA) is 83.6 Å². The molecule has 0 spiro atoms.